The Morgan fingerprint density at radius 3 is 2.21 bits per heavy atom. The van der Waals surface area contributed by atoms with Crippen LogP contribution >= 0.6 is 0 Å². The maximum Gasteiger partial charge on any atom is 0.416 e. The standard InChI is InChI=1S/C17H19F3O3S/c1-10-7-12(17(18,19)20)5-6-15(10)16(21)11-8-13-3-2-4-14(9-11)24(13,22)23/h5-7,11,13-14H,2-4,8-9H2,1H3. The molecule has 0 spiro atoms. The Balaban J connectivity index is 1.85. The highest BCUT2D eigenvalue weighted by Gasteiger charge is 2.46. The Morgan fingerprint density at radius 2 is 1.71 bits per heavy atom. The highest BCUT2D eigenvalue weighted by atomic mass is 32.2. The van der Waals surface area contributed by atoms with Gasteiger partial charge in [0.2, 0.25) is 0 Å². The minimum Gasteiger partial charge on any atom is -0.294 e. The molecule has 0 amide bonds. The Bertz CT molecular complexity index is 748. The van der Waals surface area contributed by atoms with Gasteiger partial charge < -0.3 is 0 Å². The summed E-state index contributed by atoms with van der Waals surface area (Å²) in [5.41, 5.74) is -0.224. The van der Waals surface area contributed by atoms with Crippen LogP contribution in [0.15, 0.2) is 18.2 Å². The van der Waals surface area contributed by atoms with Gasteiger partial charge in [-0.05, 0) is 50.3 Å². The number of fused-ring (bicyclic) bond motifs is 2. The molecule has 2 atom stereocenters. The SMILES string of the molecule is Cc1cc(C(F)(F)F)ccc1C(=O)C1CC2CCCC(C1)S2(=O)=O. The molecular weight excluding hydrogens is 341 g/mol. The van der Waals surface area contributed by atoms with Gasteiger partial charge in [-0.1, -0.05) is 12.5 Å². The van der Waals surface area contributed by atoms with Crippen molar-refractivity contribution in [1.82, 2.24) is 0 Å². The zero-order valence-corrected chi connectivity index (χ0v) is 14.1. The van der Waals surface area contributed by atoms with Crippen LogP contribution in [-0.4, -0.2) is 24.7 Å². The third-order valence-corrected chi connectivity index (χ3v) is 7.98. The van der Waals surface area contributed by atoms with E-state index in [-0.39, 0.29) is 29.8 Å². The van der Waals surface area contributed by atoms with Crippen molar-refractivity contribution < 1.29 is 26.4 Å². The number of sulfone groups is 1. The highest BCUT2D eigenvalue weighted by molar-refractivity contribution is 7.92. The van der Waals surface area contributed by atoms with Gasteiger partial charge in [-0.3, -0.25) is 4.79 Å². The predicted octanol–water partition coefficient (Wildman–Crippen LogP) is 3.94. The summed E-state index contributed by atoms with van der Waals surface area (Å²) < 4.78 is 62.8. The van der Waals surface area contributed by atoms with Gasteiger partial charge in [-0.25, -0.2) is 8.42 Å². The van der Waals surface area contributed by atoms with E-state index in [1.807, 2.05) is 0 Å². The van der Waals surface area contributed by atoms with Crippen molar-refractivity contribution in [2.24, 2.45) is 5.92 Å². The van der Waals surface area contributed by atoms with E-state index in [4.69, 9.17) is 0 Å². The molecule has 2 aliphatic heterocycles. The zero-order valence-electron chi connectivity index (χ0n) is 13.3. The molecule has 2 saturated heterocycles. The van der Waals surface area contributed by atoms with Gasteiger partial charge in [0.05, 0.1) is 16.1 Å². The fourth-order valence-electron chi connectivity index (χ4n) is 3.96. The number of hydrogen-bond donors (Lipinski definition) is 0. The average Bonchev–Trinajstić information content (AvgIpc) is 2.44. The Kier molecular flexibility index (Phi) is 4.26. The number of carbonyl (C=O) groups is 1. The lowest BCUT2D eigenvalue weighted by molar-refractivity contribution is -0.137. The van der Waals surface area contributed by atoms with E-state index in [0.717, 1.165) is 18.6 Å². The van der Waals surface area contributed by atoms with Gasteiger partial charge in [0.1, 0.15) is 0 Å². The summed E-state index contributed by atoms with van der Waals surface area (Å²) in [5, 5.41) is -0.956. The number of carbonyl (C=O) groups excluding carboxylic acids is 1. The number of alkyl halides is 3. The van der Waals surface area contributed by atoms with Crippen LogP contribution in [0.5, 0.6) is 0 Å². The van der Waals surface area contributed by atoms with Crippen molar-refractivity contribution in [2.45, 2.75) is 55.7 Å². The van der Waals surface area contributed by atoms with Crippen molar-refractivity contribution in [2.75, 3.05) is 0 Å². The second kappa shape index (κ2) is 5.86. The lowest BCUT2D eigenvalue weighted by Gasteiger charge is -2.38. The van der Waals surface area contributed by atoms with Crippen LogP contribution in [0.4, 0.5) is 13.2 Å². The topological polar surface area (TPSA) is 51.2 Å². The van der Waals surface area contributed by atoms with E-state index in [1.165, 1.54) is 13.0 Å². The fourth-order valence-corrected chi connectivity index (χ4v) is 6.50. The van der Waals surface area contributed by atoms with E-state index in [2.05, 4.69) is 0 Å². The van der Waals surface area contributed by atoms with Crippen LogP contribution in [-0.2, 0) is 16.0 Å². The molecule has 2 bridgehead atoms. The molecule has 0 N–H and O–H groups in total. The van der Waals surface area contributed by atoms with Gasteiger partial charge in [0, 0.05) is 11.5 Å². The molecule has 0 radical (unpaired) electrons. The maximum atomic E-state index is 12.7. The number of aryl methyl sites for hydroxylation is 1. The first-order chi connectivity index (χ1) is 11.1. The second-order valence-corrected chi connectivity index (χ2v) is 9.34. The first kappa shape index (κ1) is 17.5. The molecule has 2 aliphatic rings. The van der Waals surface area contributed by atoms with Crippen LogP contribution in [0.25, 0.3) is 0 Å². The molecular formula is C17H19F3O3S. The quantitative estimate of drug-likeness (QED) is 0.751. The monoisotopic (exact) mass is 360 g/mol. The van der Waals surface area contributed by atoms with Crippen molar-refractivity contribution in [3.8, 4) is 0 Å². The average molecular weight is 360 g/mol. The van der Waals surface area contributed by atoms with E-state index in [1.54, 1.807) is 0 Å². The Hall–Kier alpha value is -1.37. The van der Waals surface area contributed by atoms with Gasteiger partial charge in [0.25, 0.3) is 0 Å². The number of hydrogen-bond acceptors (Lipinski definition) is 3. The molecule has 24 heavy (non-hydrogen) atoms. The van der Waals surface area contributed by atoms with E-state index >= 15 is 0 Å². The van der Waals surface area contributed by atoms with Crippen LogP contribution in [0.2, 0.25) is 0 Å². The van der Waals surface area contributed by atoms with E-state index < -0.39 is 38.0 Å². The third kappa shape index (κ3) is 2.98. The predicted molar refractivity (Wildman–Crippen MR) is 83.6 cm³/mol. The van der Waals surface area contributed by atoms with Crippen LogP contribution in [0.3, 0.4) is 0 Å². The summed E-state index contributed by atoms with van der Waals surface area (Å²) in [7, 11) is -3.15. The minimum atomic E-state index is -4.44. The van der Waals surface area contributed by atoms with Crippen molar-refractivity contribution in [3.05, 3.63) is 34.9 Å². The van der Waals surface area contributed by atoms with Crippen LogP contribution in [0, 0.1) is 12.8 Å². The molecule has 3 nitrogen and oxygen atoms in total. The van der Waals surface area contributed by atoms with Gasteiger partial charge >= 0.3 is 6.18 Å². The number of Topliss-reactive ketones (excluding diaryl/α,β-unsaturated/α-hetero) is 1. The van der Waals surface area contributed by atoms with Crippen LogP contribution in [0.1, 0.15) is 53.6 Å². The molecule has 7 heteroatoms. The molecule has 3 rings (SSSR count). The van der Waals surface area contributed by atoms with Gasteiger partial charge in [-0.2, -0.15) is 13.2 Å². The summed E-state index contributed by atoms with van der Waals surface area (Å²) in [6, 6.07) is 3.12. The number of benzene rings is 1. The fraction of sp³-hybridized carbons (Fsp3) is 0.588. The lowest BCUT2D eigenvalue weighted by Crippen LogP contribution is -2.45. The highest BCUT2D eigenvalue weighted by Crippen LogP contribution is 2.41. The number of rotatable bonds is 2. The van der Waals surface area contributed by atoms with Crippen molar-refractivity contribution in [3.63, 3.8) is 0 Å². The minimum absolute atomic E-state index is 0.229. The summed E-state index contributed by atoms with van der Waals surface area (Å²) in [6.07, 6.45) is -1.85. The summed E-state index contributed by atoms with van der Waals surface area (Å²) >= 11 is 0. The molecule has 0 aromatic heterocycles. The molecule has 0 aliphatic carbocycles. The normalized spacial score (nSPS) is 29.2. The summed E-state index contributed by atoms with van der Waals surface area (Å²) in [4.78, 5) is 12.7. The largest absolute Gasteiger partial charge is 0.416 e. The summed E-state index contributed by atoms with van der Waals surface area (Å²) in [5.74, 6) is -0.646. The molecule has 2 unspecified atom stereocenters. The Morgan fingerprint density at radius 1 is 1.12 bits per heavy atom. The van der Waals surface area contributed by atoms with Crippen molar-refractivity contribution >= 4 is 15.6 Å². The first-order valence-electron chi connectivity index (χ1n) is 8.05. The van der Waals surface area contributed by atoms with Crippen LogP contribution < -0.4 is 0 Å². The van der Waals surface area contributed by atoms with E-state index in [9.17, 15) is 26.4 Å². The smallest absolute Gasteiger partial charge is 0.294 e. The van der Waals surface area contributed by atoms with E-state index in [0.29, 0.717) is 12.8 Å². The molecule has 1 aromatic rings. The Labute approximate surface area is 139 Å². The third-order valence-electron chi connectivity index (χ3n) is 5.27. The first-order valence-corrected chi connectivity index (χ1v) is 9.66. The van der Waals surface area contributed by atoms with Gasteiger partial charge in [0.15, 0.2) is 15.6 Å². The molecule has 0 saturated carbocycles. The maximum absolute atomic E-state index is 12.7. The zero-order chi connectivity index (χ0) is 17.7. The number of ketones is 1. The number of halogens is 3. The summed E-state index contributed by atoms with van der Waals surface area (Å²) in [6.45, 7) is 1.49. The van der Waals surface area contributed by atoms with Gasteiger partial charge in [-0.15, -0.1) is 0 Å². The molecule has 2 fully saturated rings. The second-order valence-electron chi connectivity index (χ2n) is 6.82. The molecule has 2 heterocycles. The van der Waals surface area contributed by atoms with Crippen molar-refractivity contribution in [1.29, 1.82) is 0 Å². The lowest BCUT2D eigenvalue weighted by atomic mass is 9.83. The molecule has 132 valence electrons. The molecule has 1 aromatic carbocycles.